The predicted molar refractivity (Wildman–Crippen MR) is 82.7 cm³/mol. The van der Waals surface area contributed by atoms with Gasteiger partial charge in [-0.05, 0) is 55.7 Å². The lowest BCUT2D eigenvalue weighted by atomic mass is 9.94. The summed E-state index contributed by atoms with van der Waals surface area (Å²) in [5.41, 5.74) is 11.3. The highest BCUT2D eigenvalue weighted by Gasteiger charge is 2.24. The maximum atomic E-state index is 6.16. The number of nitrogens with zero attached hydrogens (tertiary/aromatic N) is 2. The first kappa shape index (κ1) is 13.7. The largest absolute Gasteiger partial charge is 0.324 e. The van der Waals surface area contributed by atoms with E-state index in [4.69, 9.17) is 5.73 Å². The van der Waals surface area contributed by atoms with Crippen LogP contribution in [0.1, 0.15) is 54.5 Å². The summed E-state index contributed by atoms with van der Waals surface area (Å²) in [4.78, 5) is 0. The van der Waals surface area contributed by atoms with Crippen molar-refractivity contribution in [2.75, 3.05) is 0 Å². The number of rotatable bonds is 2. The molecular formula is C16H20ClN3. The molecule has 0 saturated heterocycles. The summed E-state index contributed by atoms with van der Waals surface area (Å²) in [7, 11) is 0. The van der Waals surface area contributed by atoms with Gasteiger partial charge in [0.15, 0.2) is 0 Å². The van der Waals surface area contributed by atoms with Crippen LogP contribution in [0.15, 0.2) is 30.5 Å². The van der Waals surface area contributed by atoms with Crippen LogP contribution in [0.3, 0.4) is 0 Å². The molecule has 4 heteroatoms. The van der Waals surface area contributed by atoms with E-state index in [9.17, 15) is 0 Å². The Balaban J connectivity index is 0.00000121. The highest BCUT2D eigenvalue weighted by atomic mass is 35.5. The van der Waals surface area contributed by atoms with Gasteiger partial charge in [0.05, 0.1) is 11.9 Å². The van der Waals surface area contributed by atoms with Crippen LogP contribution in [0.25, 0.3) is 5.69 Å². The Morgan fingerprint density at radius 2 is 1.85 bits per heavy atom. The lowest BCUT2D eigenvalue weighted by Crippen LogP contribution is -2.17. The van der Waals surface area contributed by atoms with Gasteiger partial charge in [-0.2, -0.15) is 5.10 Å². The summed E-state index contributed by atoms with van der Waals surface area (Å²) in [5, 5.41) is 4.55. The van der Waals surface area contributed by atoms with Crippen LogP contribution in [-0.4, -0.2) is 9.78 Å². The molecule has 1 unspecified atom stereocenters. The molecule has 1 saturated carbocycles. The first-order chi connectivity index (χ1) is 9.33. The number of halogens is 1. The van der Waals surface area contributed by atoms with Crippen LogP contribution >= 0.6 is 12.4 Å². The second-order valence-corrected chi connectivity index (χ2v) is 5.82. The summed E-state index contributed by atoms with van der Waals surface area (Å²) < 4.78 is 2.07. The van der Waals surface area contributed by atoms with Crippen molar-refractivity contribution in [1.82, 2.24) is 9.78 Å². The normalized spacial score (nSPS) is 21.1. The van der Waals surface area contributed by atoms with Crippen molar-refractivity contribution in [3.8, 4) is 5.69 Å². The summed E-state index contributed by atoms with van der Waals surface area (Å²) in [6.45, 7) is 0. The van der Waals surface area contributed by atoms with E-state index < -0.39 is 0 Å². The molecule has 1 aromatic heterocycles. The van der Waals surface area contributed by atoms with Crippen LogP contribution < -0.4 is 5.73 Å². The van der Waals surface area contributed by atoms with Gasteiger partial charge in [-0.15, -0.1) is 12.4 Å². The molecule has 2 N–H and O–H groups in total. The van der Waals surface area contributed by atoms with Crippen molar-refractivity contribution in [2.24, 2.45) is 5.73 Å². The number of aromatic nitrogens is 2. The molecule has 106 valence electrons. The Morgan fingerprint density at radius 3 is 2.55 bits per heavy atom. The number of hydrogen-bond donors (Lipinski definition) is 1. The van der Waals surface area contributed by atoms with Gasteiger partial charge in [0.25, 0.3) is 0 Å². The van der Waals surface area contributed by atoms with E-state index in [0.29, 0.717) is 0 Å². The van der Waals surface area contributed by atoms with E-state index >= 15 is 0 Å². The average Bonchev–Trinajstić information content (AvgIpc) is 3.19. The minimum absolute atomic E-state index is 0. The molecule has 0 bridgehead atoms. The monoisotopic (exact) mass is 289 g/mol. The van der Waals surface area contributed by atoms with Gasteiger partial charge in [-0.25, -0.2) is 4.68 Å². The van der Waals surface area contributed by atoms with Gasteiger partial charge in [0.1, 0.15) is 0 Å². The Labute approximate surface area is 125 Å². The SMILES string of the molecule is Cl.NC1CCCc2c1cnn2-c1ccc(C2CC2)cc1. The molecule has 1 fully saturated rings. The maximum Gasteiger partial charge on any atom is 0.0649 e. The third-order valence-corrected chi connectivity index (χ3v) is 4.42. The molecule has 0 aliphatic heterocycles. The molecule has 4 rings (SSSR count). The van der Waals surface area contributed by atoms with E-state index in [1.165, 1.54) is 41.8 Å². The second-order valence-electron chi connectivity index (χ2n) is 5.82. The fourth-order valence-corrected chi connectivity index (χ4v) is 3.12. The number of fused-ring (bicyclic) bond motifs is 1. The number of nitrogens with two attached hydrogens (primary N) is 1. The van der Waals surface area contributed by atoms with Crippen LogP contribution in [-0.2, 0) is 6.42 Å². The molecular weight excluding hydrogens is 270 g/mol. The molecule has 1 aromatic carbocycles. The third kappa shape index (κ3) is 2.25. The van der Waals surface area contributed by atoms with E-state index in [1.54, 1.807) is 0 Å². The van der Waals surface area contributed by atoms with Crippen molar-refractivity contribution in [3.05, 3.63) is 47.3 Å². The van der Waals surface area contributed by atoms with Crippen LogP contribution in [0.4, 0.5) is 0 Å². The summed E-state index contributed by atoms with van der Waals surface area (Å²) in [5.74, 6) is 0.814. The minimum atomic E-state index is 0. The van der Waals surface area contributed by atoms with Crippen molar-refractivity contribution >= 4 is 12.4 Å². The van der Waals surface area contributed by atoms with E-state index in [2.05, 4.69) is 34.0 Å². The minimum Gasteiger partial charge on any atom is -0.324 e. The average molecular weight is 290 g/mol. The first-order valence-corrected chi connectivity index (χ1v) is 7.25. The Hall–Kier alpha value is -1.32. The molecule has 3 nitrogen and oxygen atoms in total. The molecule has 2 aliphatic carbocycles. The fourth-order valence-electron chi connectivity index (χ4n) is 3.12. The quantitative estimate of drug-likeness (QED) is 0.919. The zero-order valence-corrected chi connectivity index (χ0v) is 12.3. The summed E-state index contributed by atoms with van der Waals surface area (Å²) in [6.07, 6.45) is 8.00. The molecule has 2 aromatic rings. The van der Waals surface area contributed by atoms with Crippen LogP contribution in [0.2, 0.25) is 0 Å². The molecule has 0 amide bonds. The van der Waals surface area contributed by atoms with Crippen LogP contribution in [0, 0.1) is 0 Å². The molecule has 0 radical (unpaired) electrons. The van der Waals surface area contributed by atoms with Crippen molar-refractivity contribution in [3.63, 3.8) is 0 Å². The Kier molecular flexibility index (Phi) is 3.57. The fraction of sp³-hybridized carbons (Fsp3) is 0.438. The van der Waals surface area contributed by atoms with Gasteiger partial charge in [-0.3, -0.25) is 0 Å². The number of hydrogen-bond acceptors (Lipinski definition) is 2. The van der Waals surface area contributed by atoms with Crippen molar-refractivity contribution < 1.29 is 0 Å². The van der Waals surface area contributed by atoms with Crippen LogP contribution in [0.5, 0.6) is 0 Å². The van der Waals surface area contributed by atoms with Gasteiger partial charge in [0.2, 0.25) is 0 Å². The Bertz CT molecular complexity index is 599. The maximum absolute atomic E-state index is 6.16. The smallest absolute Gasteiger partial charge is 0.0649 e. The lowest BCUT2D eigenvalue weighted by molar-refractivity contribution is 0.558. The topological polar surface area (TPSA) is 43.8 Å². The van der Waals surface area contributed by atoms with Crippen molar-refractivity contribution in [1.29, 1.82) is 0 Å². The predicted octanol–water partition coefficient (Wildman–Crippen LogP) is 3.51. The van der Waals surface area contributed by atoms with Gasteiger partial charge in [-0.1, -0.05) is 12.1 Å². The molecule has 1 heterocycles. The standard InChI is InChI=1S/C16H19N3.ClH/c17-15-2-1-3-16-14(15)10-18-19(16)13-8-6-12(7-9-13)11-4-5-11;/h6-11,15H,1-5,17H2;1H. The van der Waals surface area contributed by atoms with Gasteiger partial charge in [0, 0.05) is 17.3 Å². The second kappa shape index (κ2) is 5.23. The molecule has 0 spiro atoms. The molecule has 2 aliphatic rings. The third-order valence-electron chi connectivity index (χ3n) is 4.42. The molecule has 1 atom stereocenters. The van der Waals surface area contributed by atoms with E-state index in [1.807, 2.05) is 6.20 Å². The van der Waals surface area contributed by atoms with Gasteiger partial charge >= 0.3 is 0 Å². The zero-order chi connectivity index (χ0) is 12.8. The van der Waals surface area contributed by atoms with E-state index in [0.717, 1.165) is 18.8 Å². The highest BCUT2D eigenvalue weighted by molar-refractivity contribution is 5.85. The van der Waals surface area contributed by atoms with Crippen molar-refractivity contribution in [2.45, 2.75) is 44.1 Å². The zero-order valence-electron chi connectivity index (χ0n) is 11.5. The first-order valence-electron chi connectivity index (χ1n) is 7.25. The Morgan fingerprint density at radius 1 is 1.10 bits per heavy atom. The number of benzene rings is 1. The summed E-state index contributed by atoms with van der Waals surface area (Å²) >= 11 is 0. The summed E-state index contributed by atoms with van der Waals surface area (Å²) in [6, 6.07) is 9.07. The van der Waals surface area contributed by atoms with Gasteiger partial charge < -0.3 is 5.73 Å². The molecule has 20 heavy (non-hydrogen) atoms. The van der Waals surface area contributed by atoms with E-state index in [-0.39, 0.29) is 18.4 Å². The lowest BCUT2D eigenvalue weighted by Gasteiger charge is -2.19. The highest BCUT2D eigenvalue weighted by Crippen LogP contribution is 2.40.